The maximum Gasteiger partial charge on any atom is 0.258 e. The number of ether oxygens (including phenoxy) is 1. The number of carbonyl (C=O) groups excluding carboxylic acids is 3. The molecule has 1 unspecified atom stereocenters. The summed E-state index contributed by atoms with van der Waals surface area (Å²) in [5.41, 5.74) is -0.0290. The Morgan fingerprint density at radius 2 is 2.14 bits per heavy atom. The molecule has 29 heavy (non-hydrogen) atoms. The lowest BCUT2D eigenvalue weighted by Crippen LogP contribution is -2.77. The number of hydrogen-bond acceptors (Lipinski definition) is 5. The number of aromatic nitrogens is 2. The average molecular weight is 400 g/mol. The number of nitrogens with zero attached hydrogens (tertiary/aromatic N) is 2. The van der Waals surface area contributed by atoms with Gasteiger partial charge in [0.1, 0.15) is 11.4 Å². The molecule has 0 spiro atoms. The van der Waals surface area contributed by atoms with Crippen LogP contribution in [0.4, 0.5) is 4.39 Å². The van der Waals surface area contributed by atoms with E-state index in [9.17, 15) is 18.8 Å². The summed E-state index contributed by atoms with van der Waals surface area (Å²) in [5.74, 6) is -0.824. The molecule has 1 saturated heterocycles. The number of amides is 3. The maximum absolute atomic E-state index is 13.6. The molecule has 1 aliphatic heterocycles. The molecule has 3 amide bonds. The van der Waals surface area contributed by atoms with E-state index in [1.54, 1.807) is 23.9 Å². The van der Waals surface area contributed by atoms with E-state index in [0.29, 0.717) is 37.1 Å². The van der Waals surface area contributed by atoms with Crippen LogP contribution in [0.2, 0.25) is 0 Å². The van der Waals surface area contributed by atoms with Gasteiger partial charge in [-0.15, -0.1) is 0 Å². The summed E-state index contributed by atoms with van der Waals surface area (Å²) in [6.45, 7) is -0.148. The molecule has 152 valence electrons. The lowest BCUT2D eigenvalue weighted by atomic mass is 9.47. The number of halogens is 1. The zero-order valence-corrected chi connectivity index (χ0v) is 16.0. The molecule has 3 saturated carbocycles. The van der Waals surface area contributed by atoms with Gasteiger partial charge in [0.2, 0.25) is 11.8 Å². The molecule has 2 aromatic rings. The zero-order chi connectivity index (χ0) is 20.4. The highest BCUT2D eigenvalue weighted by molar-refractivity contribution is 6.02. The predicted octanol–water partition coefficient (Wildman–Crippen LogP) is 1.23. The highest BCUT2D eigenvalue weighted by atomic mass is 19.1. The molecular weight excluding hydrogens is 379 g/mol. The topological polar surface area (TPSA) is 102 Å². The van der Waals surface area contributed by atoms with Gasteiger partial charge in [-0.3, -0.25) is 24.4 Å². The van der Waals surface area contributed by atoms with E-state index >= 15 is 0 Å². The number of carbonyl (C=O) groups is 3. The first-order valence-electron chi connectivity index (χ1n) is 9.69. The summed E-state index contributed by atoms with van der Waals surface area (Å²) in [6.07, 6.45) is 1.91. The van der Waals surface area contributed by atoms with Gasteiger partial charge in [-0.25, -0.2) is 4.39 Å². The van der Waals surface area contributed by atoms with Crippen molar-refractivity contribution in [3.05, 3.63) is 23.9 Å². The number of imide groups is 1. The van der Waals surface area contributed by atoms with Gasteiger partial charge in [-0.05, 0) is 18.6 Å². The second-order valence-electron chi connectivity index (χ2n) is 8.49. The van der Waals surface area contributed by atoms with Gasteiger partial charge in [0.05, 0.1) is 17.1 Å². The quantitative estimate of drug-likeness (QED) is 0.735. The molecular formula is C20H21FN4O4. The van der Waals surface area contributed by atoms with Crippen LogP contribution in [0.15, 0.2) is 18.2 Å². The van der Waals surface area contributed by atoms with Crippen molar-refractivity contribution < 1.29 is 23.5 Å². The van der Waals surface area contributed by atoms with E-state index in [2.05, 4.69) is 15.7 Å². The molecule has 4 aliphatic rings. The number of nitrogens with one attached hydrogen (secondary N) is 2. The summed E-state index contributed by atoms with van der Waals surface area (Å²) in [7, 11) is 1.77. The highest BCUT2D eigenvalue weighted by Gasteiger charge is 2.69. The number of alkyl halides is 1. The van der Waals surface area contributed by atoms with Crippen LogP contribution in [0.5, 0.6) is 5.75 Å². The van der Waals surface area contributed by atoms with E-state index < -0.39 is 11.6 Å². The van der Waals surface area contributed by atoms with Gasteiger partial charge >= 0.3 is 0 Å². The summed E-state index contributed by atoms with van der Waals surface area (Å²) in [5, 5.41) is 10.5. The third-order valence-electron chi connectivity index (χ3n) is 6.16. The number of fused-ring (bicyclic) bond motifs is 1. The Bertz CT molecular complexity index is 1040. The Kier molecular flexibility index (Phi) is 3.75. The number of hydrogen-bond donors (Lipinski definition) is 2. The molecule has 1 aromatic heterocycles. The summed E-state index contributed by atoms with van der Waals surface area (Å²) in [6, 6.07) is 5.30. The minimum atomic E-state index is -1.06. The maximum atomic E-state index is 13.6. The first-order valence-corrected chi connectivity index (χ1v) is 9.69. The molecule has 0 radical (unpaired) electrons. The molecule has 6 rings (SSSR count). The zero-order valence-electron chi connectivity index (χ0n) is 16.0. The van der Waals surface area contributed by atoms with Crippen LogP contribution in [-0.4, -0.2) is 45.3 Å². The van der Waals surface area contributed by atoms with Crippen LogP contribution in [0.3, 0.4) is 0 Å². The number of rotatable bonds is 5. The molecule has 8 nitrogen and oxygen atoms in total. The fraction of sp³-hybridized carbons (Fsp3) is 0.500. The van der Waals surface area contributed by atoms with Crippen LogP contribution in [0, 0.1) is 0 Å². The normalized spacial score (nSPS) is 30.3. The van der Waals surface area contributed by atoms with Crippen molar-refractivity contribution in [2.75, 3.05) is 6.61 Å². The van der Waals surface area contributed by atoms with E-state index in [0.717, 1.165) is 10.9 Å². The highest BCUT2D eigenvalue weighted by Crippen LogP contribution is 2.62. The largest absolute Gasteiger partial charge is 0.484 e. The lowest BCUT2D eigenvalue weighted by Gasteiger charge is -2.65. The second-order valence-corrected chi connectivity index (χ2v) is 8.49. The monoisotopic (exact) mass is 400 g/mol. The van der Waals surface area contributed by atoms with Crippen molar-refractivity contribution in [1.29, 1.82) is 0 Å². The standard InChI is InChI=1S/C20H21FN4O4/c1-25-14-6-11(29-7-16(27)23-20-8-19(21,9-20)10-20)2-3-12(14)17(24-25)13-4-5-15(26)22-18(13)28/h2-3,6,13H,4-5,7-10H2,1H3,(H,23,27)(H,22,26,28). The second kappa shape index (κ2) is 6.01. The van der Waals surface area contributed by atoms with Gasteiger partial charge in [0.25, 0.3) is 5.91 Å². The molecule has 4 fully saturated rings. The van der Waals surface area contributed by atoms with Crippen molar-refractivity contribution in [2.24, 2.45) is 7.05 Å². The van der Waals surface area contributed by atoms with Crippen molar-refractivity contribution in [2.45, 2.75) is 49.2 Å². The van der Waals surface area contributed by atoms with E-state index in [1.165, 1.54) is 0 Å². The fourth-order valence-corrected chi connectivity index (χ4v) is 4.84. The van der Waals surface area contributed by atoms with E-state index in [-0.39, 0.29) is 36.3 Å². The third kappa shape index (κ3) is 2.95. The van der Waals surface area contributed by atoms with Gasteiger partial charge in [0.15, 0.2) is 6.61 Å². The van der Waals surface area contributed by atoms with Crippen LogP contribution in [0.25, 0.3) is 10.9 Å². The molecule has 1 atom stereocenters. The van der Waals surface area contributed by atoms with Crippen LogP contribution in [0.1, 0.15) is 43.7 Å². The Labute approximate surface area is 165 Å². The van der Waals surface area contributed by atoms with Gasteiger partial charge in [-0.2, -0.15) is 5.10 Å². The summed E-state index contributed by atoms with van der Waals surface area (Å²) >= 11 is 0. The van der Waals surface area contributed by atoms with Crippen LogP contribution >= 0.6 is 0 Å². The Hall–Kier alpha value is -2.97. The summed E-state index contributed by atoms with van der Waals surface area (Å²) in [4.78, 5) is 35.7. The fourth-order valence-electron chi connectivity index (χ4n) is 4.84. The number of benzene rings is 1. The number of piperidine rings is 1. The van der Waals surface area contributed by atoms with E-state index in [1.807, 2.05) is 6.07 Å². The first-order chi connectivity index (χ1) is 13.8. The Morgan fingerprint density at radius 3 is 2.83 bits per heavy atom. The van der Waals surface area contributed by atoms with Crippen LogP contribution in [-0.2, 0) is 21.4 Å². The minimum Gasteiger partial charge on any atom is -0.484 e. The summed E-state index contributed by atoms with van der Waals surface area (Å²) < 4.78 is 20.8. The molecule has 9 heteroatoms. The minimum absolute atomic E-state index is 0.148. The molecule has 3 aliphatic carbocycles. The van der Waals surface area contributed by atoms with Crippen LogP contribution < -0.4 is 15.4 Å². The van der Waals surface area contributed by atoms with Crippen molar-refractivity contribution in [1.82, 2.24) is 20.4 Å². The third-order valence-corrected chi connectivity index (χ3v) is 6.16. The Morgan fingerprint density at radius 1 is 1.38 bits per heavy atom. The first kappa shape index (κ1) is 18.1. The van der Waals surface area contributed by atoms with Crippen molar-refractivity contribution in [3.63, 3.8) is 0 Å². The predicted molar refractivity (Wildman–Crippen MR) is 99.9 cm³/mol. The molecule has 2 N–H and O–H groups in total. The molecule has 2 heterocycles. The van der Waals surface area contributed by atoms with Gasteiger partial charge in [-0.1, -0.05) is 0 Å². The Balaban J connectivity index is 1.28. The van der Waals surface area contributed by atoms with Crippen molar-refractivity contribution in [3.8, 4) is 5.75 Å². The molecule has 2 bridgehead atoms. The number of aryl methyl sites for hydroxylation is 1. The smallest absolute Gasteiger partial charge is 0.258 e. The lowest BCUT2D eigenvalue weighted by molar-refractivity contribution is -0.175. The van der Waals surface area contributed by atoms with Gasteiger partial charge < -0.3 is 10.1 Å². The van der Waals surface area contributed by atoms with Crippen molar-refractivity contribution >= 4 is 28.6 Å². The SMILES string of the molecule is Cn1nc(C2CCC(=O)NC2=O)c2ccc(OCC(=O)NC34CC(F)(C3)C4)cc21. The molecule has 1 aromatic carbocycles. The van der Waals surface area contributed by atoms with E-state index in [4.69, 9.17) is 4.74 Å². The van der Waals surface area contributed by atoms with Gasteiger partial charge in [0, 0.05) is 49.7 Å². The average Bonchev–Trinajstić information content (AvgIpc) is 2.94.